The fraction of sp³-hybridized carbons (Fsp3) is 0.222. The number of fused-ring (bicyclic) bond motifs is 1. The number of nitrogens with one attached hydrogen (secondary N) is 1. The maximum absolute atomic E-state index is 9.62. The van der Waals surface area contributed by atoms with Crippen LogP contribution in [-0.4, -0.2) is 16.2 Å². The molecule has 1 aromatic heterocycles. The van der Waals surface area contributed by atoms with Crippen molar-refractivity contribution in [2.45, 2.75) is 26.9 Å². The molecule has 3 nitrogen and oxygen atoms in total. The molecule has 0 radical (unpaired) electrons. The van der Waals surface area contributed by atoms with Crippen LogP contribution in [0.5, 0.6) is 11.5 Å². The predicted octanol–water partition coefficient (Wildman–Crippen LogP) is 4.64. The Labute approximate surface area is 124 Å². The van der Waals surface area contributed by atoms with Gasteiger partial charge in [-0.25, -0.2) is 0 Å². The molecule has 21 heavy (non-hydrogen) atoms. The second kappa shape index (κ2) is 5.17. The number of aromatic nitrogens is 1. The normalized spacial score (nSPS) is 11.2. The third kappa shape index (κ3) is 2.59. The van der Waals surface area contributed by atoms with Crippen molar-refractivity contribution in [3.8, 4) is 22.8 Å². The topological polar surface area (TPSA) is 45.2 Å². The summed E-state index contributed by atoms with van der Waals surface area (Å²) in [6.07, 6.45) is 0.175. The summed E-state index contributed by atoms with van der Waals surface area (Å²) in [7, 11) is 0. The number of hydrogen-bond donors (Lipinski definition) is 2. The SMILES string of the molecule is Cc1c(-c2ccc(OC(C)C)cc2)[nH]c2ccc(O)cc12. The second-order valence-corrected chi connectivity index (χ2v) is 5.55. The maximum Gasteiger partial charge on any atom is 0.119 e. The van der Waals surface area contributed by atoms with Crippen LogP contribution in [-0.2, 0) is 0 Å². The molecule has 0 aliphatic heterocycles. The number of ether oxygens (including phenoxy) is 1. The van der Waals surface area contributed by atoms with Gasteiger partial charge in [0.2, 0.25) is 0 Å². The molecule has 0 amide bonds. The first-order chi connectivity index (χ1) is 10.0. The van der Waals surface area contributed by atoms with E-state index in [1.807, 2.05) is 32.0 Å². The molecule has 0 aliphatic carbocycles. The third-order valence-electron chi connectivity index (χ3n) is 3.56. The van der Waals surface area contributed by atoms with E-state index in [2.05, 4.69) is 24.0 Å². The van der Waals surface area contributed by atoms with Crippen LogP contribution in [0.2, 0.25) is 0 Å². The Bertz CT molecular complexity index is 770. The highest BCUT2D eigenvalue weighted by Gasteiger charge is 2.10. The first kappa shape index (κ1) is 13.6. The summed E-state index contributed by atoms with van der Waals surface area (Å²) >= 11 is 0. The number of aromatic amines is 1. The van der Waals surface area contributed by atoms with Crippen molar-refractivity contribution < 1.29 is 9.84 Å². The molecule has 3 rings (SSSR count). The highest BCUT2D eigenvalue weighted by atomic mass is 16.5. The van der Waals surface area contributed by atoms with Crippen molar-refractivity contribution in [2.24, 2.45) is 0 Å². The largest absolute Gasteiger partial charge is 0.508 e. The van der Waals surface area contributed by atoms with E-state index in [0.717, 1.165) is 33.5 Å². The molecule has 108 valence electrons. The van der Waals surface area contributed by atoms with Gasteiger partial charge in [0.05, 0.1) is 6.10 Å². The zero-order valence-corrected chi connectivity index (χ0v) is 12.5. The van der Waals surface area contributed by atoms with Crippen LogP contribution in [0.3, 0.4) is 0 Å². The Kier molecular flexibility index (Phi) is 3.34. The molecular weight excluding hydrogens is 262 g/mol. The minimum absolute atomic E-state index is 0.175. The number of rotatable bonds is 3. The Hall–Kier alpha value is -2.42. The lowest BCUT2D eigenvalue weighted by Gasteiger charge is -2.10. The van der Waals surface area contributed by atoms with Gasteiger partial charge >= 0.3 is 0 Å². The Morgan fingerprint density at radius 2 is 1.76 bits per heavy atom. The van der Waals surface area contributed by atoms with E-state index in [1.165, 1.54) is 0 Å². The quantitative estimate of drug-likeness (QED) is 0.734. The van der Waals surface area contributed by atoms with Gasteiger partial charge in [-0.1, -0.05) is 0 Å². The minimum Gasteiger partial charge on any atom is -0.508 e. The van der Waals surface area contributed by atoms with Gasteiger partial charge in [-0.15, -0.1) is 0 Å². The lowest BCUT2D eigenvalue weighted by atomic mass is 10.1. The first-order valence-electron chi connectivity index (χ1n) is 7.13. The fourth-order valence-electron chi connectivity index (χ4n) is 2.58. The summed E-state index contributed by atoms with van der Waals surface area (Å²) in [4.78, 5) is 3.42. The van der Waals surface area contributed by atoms with Crippen LogP contribution in [0.4, 0.5) is 0 Å². The molecule has 1 heterocycles. The van der Waals surface area contributed by atoms with Crippen molar-refractivity contribution in [2.75, 3.05) is 0 Å². The zero-order chi connectivity index (χ0) is 15.0. The molecule has 0 fully saturated rings. The Morgan fingerprint density at radius 3 is 2.43 bits per heavy atom. The van der Waals surface area contributed by atoms with E-state index in [-0.39, 0.29) is 11.9 Å². The van der Waals surface area contributed by atoms with Gasteiger partial charge in [0.15, 0.2) is 0 Å². The van der Waals surface area contributed by atoms with E-state index < -0.39 is 0 Å². The predicted molar refractivity (Wildman–Crippen MR) is 85.9 cm³/mol. The minimum atomic E-state index is 0.175. The molecule has 0 aliphatic rings. The lowest BCUT2D eigenvalue weighted by molar-refractivity contribution is 0.242. The zero-order valence-electron chi connectivity index (χ0n) is 12.5. The number of benzene rings is 2. The Morgan fingerprint density at radius 1 is 1.05 bits per heavy atom. The van der Waals surface area contributed by atoms with Crippen molar-refractivity contribution >= 4 is 10.9 Å². The number of H-pyrrole nitrogens is 1. The number of phenolic OH excluding ortho intramolecular Hbond substituents is 1. The van der Waals surface area contributed by atoms with Crippen molar-refractivity contribution in [3.63, 3.8) is 0 Å². The van der Waals surface area contributed by atoms with E-state index in [0.29, 0.717) is 0 Å². The van der Waals surface area contributed by atoms with Crippen LogP contribution in [0, 0.1) is 6.92 Å². The third-order valence-corrected chi connectivity index (χ3v) is 3.56. The summed E-state index contributed by atoms with van der Waals surface area (Å²) in [6.45, 7) is 6.09. The van der Waals surface area contributed by atoms with Crippen LogP contribution in [0.25, 0.3) is 22.2 Å². The fourth-order valence-corrected chi connectivity index (χ4v) is 2.58. The summed E-state index contributed by atoms with van der Waals surface area (Å²) < 4.78 is 5.67. The van der Waals surface area contributed by atoms with Gasteiger partial charge in [-0.05, 0) is 74.4 Å². The number of aromatic hydroxyl groups is 1. The molecule has 0 unspecified atom stereocenters. The number of phenols is 1. The summed E-state index contributed by atoms with van der Waals surface area (Å²) in [6, 6.07) is 13.5. The first-order valence-corrected chi connectivity index (χ1v) is 7.13. The highest BCUT2D eigenvalue weighted by Crippen LogP contribution is 2.32. The van der Waals surface area contributed by atoms with Crippen molar-refractivity contribution in [1.29, 1.82) is 0 Å². The van der Waals surface area contributed by atoms with Gasteiger partial charge in [0.25, 0.3) is 0 Å². The number of aryl methyl sites for hydroxylation is 1. The van der Waals surface area contributed by atoms with Crippen molar-refractivity contribution in [1.82, 2.24) is 4.98 Å². The number of hydrogen-bond acceptors (Lipinski definition) is 2. The molecule has 0 spiro atoms. The van der Waals surface area contributed by atoms with E-state index in [9.17, 15) is 5.11 Å². The smallest absolute Gasteiger partial charge is 0.119 e. The van der Waals surface area contributed by atoms with E-state index >= 15 is 0 Å². The summed E-state index contributed by atoms with van der Waals surface area (Å²) in [5.74, 6) is 1.16. The van der Waals surface area contributed by atoms with Gasteiger partial charge < -0.3 is 14.8 Å². The molecule has 3 aromatic rings. The highest BCUT2D eigenvalue weighted by molar-refractivity contribution is 5.91. The summed E-state index contributed by atoms with van der Waals surface area (Å²) in [5.41, 5.74) is 4.35. The second-order valence-electron chi connectivity index (χ2n) is 5.55. The van der Waals surface area contributed by atoms with Crippen LogP contribution >= 0.6 is 0 Å². The molecule has 0 saturated heterocycles. The molecular formula is C18H19NO2. The van der Waals surface area contributed by atoms with Crippen LogP contribution in [0.15, 0.2) is 42.5 Å². The lowest BCUT2D eigenvalue weighted by Crippen LogP contribution is -2.05. The standard InChI is InChI=1S/C18H19NO2/c1-11(2)21-15-7-4-13(5-8-15)18-12(3)16-10-14(20)6-9-17(16)19-18/h4-11,19-20H,1-3H3. The van der Waals surface area contributed by atoms with Gasteiger partial charge in [-0.2, -0.15) is 0 Å². The van der Waals surface area contributed by atoms with E-state index in [1.54, 1.807) is 12.1 Å². The molecule has 0 saturated carbocycles. The Balaban J connectivity index is 2.02. The van der Waals surface area contributed by atoms with Crippen molar-refractivity contribution in [3.05, 3.63) is 48.0 Å². The molecule has 3 heteroatoms. The molecule has 2 aromatic carbocycles. The van der Waals surface area contributed by atoms with E-state index in [4.69, 9.17) is 4.74 Å². The molecule has 0 bridgehead atoms. The van der Waals surface area contributed by atoms with Crippen LogP contribution in [0.1, 0.15) is 19.4 Å². The molecule has 2 N–H and O–H groups in total. The monoisotopic (exact) mass is 281 g/mol. The van der Waals surface area contributed by atoms with Gasteiger partial charge in [0.1, 0.15) is 11.5 Å². The average molecular weight is 281 g/mol. The summed E-state index contributed by atoms with van der Waals surface area (Å²) in [5, 5.41) is 10.7. The molecule has 0 atom stereocenters. The van der Waals surface area contributed by atoms with Gasteiger partial charge in [-0.3, -0.25) is 0 Å². The average Bonchev–Trinajstić information content (AvgIpc) is 2.76. The van der Waals surface area contributed by atoms with Crippen LogP contribution < -0.4 is 4.74 Å². The van der Waals surface area contributed by atoms with Gasteiger partial charge in [0, 0.05) is 16.6 Å². The maximum atomic E-state index is 9.62.